The minimum atomic E-state index is -0.150. The van der Waals surface area contributed by atoms with Crippen molar-refractivity contribution < 1.29 is 9.53 Å². The molecule has 0 radical (unpaired) electrons. The smallest absolute Gasteiger partial charge is 0.249 e. The van der Waals surface area contributed by atoms with Crippen LogP contribution in [0.2, 0.25) is 0 Å². The van der Waals surface area contributed by atoms with Gasteiger partial charge in [-0.2, -0.15) is 9.50 Å². The van der Waals surface area contributed by atoms with Crippen LogP contribution in [0.25, 0.3) is 5.65 Å². The summed E-state index contributed by atoms with van der Waals surface area (Å²) in [7, 11) is 1.60. The molecule has 2 heterocycles. The minimum Gasteiger partial charge on any atom is -0.493 e. The van der Waals surface area contributed by atoms with Crippen molar-refractivity contribution in [2.75, 3.05) is 17.7 Å². The van der Waals surface area contributed by atoms with Crippen molar-refractivity contribution in [1.82, 2.24) is 14.6 Å². The molecule has 0 saturated heterocycles. The Kier molecular flexibility index (Phi) is 5.41. The van der Waals surface area contributed by atoms with Crippen molar-refractivity contribution >= 4 is 23.3 Å². The van der Waals surface area contributed by atoms with E-state index >= 15 is 0 Å². The van der Waals surface area contributed by atoms with Gasteiger partial charge < -0.3 is 10.1 Å². The third-order valence-corrected chi connectivity index (χ3v) is 5.08. The molecule has 0 unspecified atom stereocenters. The molecular formula is C21H25N5O2. The molecule has 0 atom stereocenters. The standard InChI is InChI=1S/C21H25N5O2/c1-28-17-12-13-18(22-16-10-6-3-7-11-16)26-20(17)24-21(25-26)23-19(27)14-15-8-4-2-5-9-15/h2,4-5,8-9,12-13,16,22H,3,6-7,10-11,14H2,1H3,(H,23,25,27). The summed E-state index contributed by atoms with van der Waals surface area (Å²) in [5.74, 6) is 1.60. The summed E-state index contributed by atoms with van der Waals surface area (Å²) in [6.45, 7) is 0. The van der Waals surface area contributed by atoms with Crippen molar-refractivity contribution in [3.8, 4) is 5.75 Å². The second-order valence-electron chi connectivity index (χ2n) is 7.15. The first kappa shape index (κ1) is 18.3. The van der Waals surface area contributed by atoms with Crippen LogP contribution in [-0.2, 0) is 11.2 Å². The van der Waals surface area contributed by atoms with E-state index < -0.39 is 0 Å². The van der Waals surface area contributed by atoms with Gasteiger partial charge in [0.15, 0.2) is 5.75 Å². The Morgan fingerprint density at radius 2 is 1.93 bits per heavy atom. The fraction of sp³-hybridized carbons (Fsp3) is 0.381. The van der Waals surface area contributed by atoms with Gasteiger partial charge in [0, 0.05) is 6.04 Å². The number of hydrogen-bond acceptors (Lipinski definition) is 5. The molecule has 0 bridgehead atoms. The zero-order chi connectivity index (χ0) is 19.3. The van der Waals surface area contributed by atoms with Crippen LogP contribution in [0.5, 0.6) is 5.75 Å². The number of aromatic nitrogens is 3. The van der Waals surface area contributed by atoms with E-state index in [9.17, 15) is 4.79 Å². The largest absolute Gasteiger partial charge is 0.493 e. The average molecular weight is 379 g/mol. The Bertz CT molecular complexity index is 948. The molecule has 0 spiro atoms. The lowest BCUT2D eigenvalue weighted by Gasteiger charge is -2.24. The van der Waals surface area contributed by atoms with Crippen molar-refractivity contribution in [2.45, 2.75) is 44.6 Å². The number of anilines is 2. The third kappa shape index (κ3) is 4.08. The van der Waals surface area contributed by atoms with Crippen LogP contribution in [0.4, 0.5) is 11.8 Å². The maximum atomic E-state index is 12.4. The quantitative estimate of drug-likeness (QED) is 0.683. The summed E-state index contributed by atoms with van der Waals surface area (Å²) in [6, 6.07) is 13.9. The highest BCUT2D eigenvalue weighted by Gasteiger charge is 2.18. The molecule has 146 valence electrons. The lowest BCUT2D eigenvalue weighted by atomic mass is 9.95. The molecule has 2 N–H and O–H groups in total. The Morgan fingerprint density at radius 3 is 2.68 bits per heavy atom. The van der Waals surface area contributed by atoms with Crippen molar-refractivity contribution in [3.63, 3.8) is 0 Å². The zero-order valence-corrected chi connectivity index (χ0v) is 16.0. The average Bonchev–Trinajstić information content (AvgIpc) is 3.13. The number of nitrogens with zero attached hydrogens (tertiary/aromatic N) is 3. The number of carbonyl (C=O) groups is 1. The first-order chi connectivity index (χ1) is 13.7. The summed E-state index contributed by atoms with van der Waals surface area (Å²) in [6.07, 6.45) is 6.38. The van der Waals surface area contributed by atoms with E-state index in [1.54, 1.807) is 11.6 Å². The number of rotatable bonds is 6. The molecule has 2 aromatic heterocycles. The van der Waals surface area contributed by atoms with Gasteiger partial charge in [0.1, 0.15) is 5.82 Å². The van der Waals surface area contributed by atoms with Gasteiger partial charge >= 0.3 is 0 Å². The molecule has 1 aliphatic carbocycles. The summed E-state index contributed by atoms with van der Waals surface area (Å²) in [4.78, 5) is 16.8. The summed E-state index contributed by atoms with van der Waals surface area (Å²) < 4.78 is 7.14. The number of pyridine rings is 1. The number of amides is 1. The molecule has 3 aromatic rings. The van der Waals surface area contributed by atoms with E-state index in [-0.39, 0.29) is 18.3 Å². The van der Waals surface area contributed by atoms with Gasteiger partial charge in [0.2, 0.25) is 17.5 Å². The molecule has 7 nitrogen and oxygen atoms in total. The normalized spacial score (nSPS) is 14.8. The van der Waals surface area contributed by atoms with Gasteiger partial charge in [-0.15, -0.1) is 5.10 Å². The number of ether oxygens (including phenoxy) is 1. The van der Waals surface area contributed by atoms with E-state index in [4.69, 9.17) is 4.74 Å². The number of fused-ring (bicyclic) bond motifs is 1. The van der Waals surface area contributed by atoms with Crippen LogP contribution in [0, 0.1) is 0 Å². The second kappa shape index (κ2) is 8.29. The molecule has 0 aliphatic heterocycles. The van der Waals surface area contributed by atoms with Gasteiger partial charge in [-0.3, -0.25) is 10.1 Å². The minimum absolute atomic E-state index is 0.150. The first-order valence-corrected chi connectivity index (χ1v) is 9.77. The number of nitrogens with one attached hydrogen (secondary N) is 2. The van der Waals surface area contributed by atoms with Crippen molar-refractivity contribution in [2.24, 2.45) is 0 Å². The summed E-state index contributed by atoms with van der Waals surface area (Å²) >= 11 is 0. The summed E-state index contributed by atoms with van der Waals surface area (Å²) in [5, 5.41) is 10.9. The van der Waals surface area contributed by atoms with Crippen LogP contribution in [0.3, 0.4) is 0 Å². The van der Waals surface area contributed by atoms with Gasteiger partial charge in [0.05, 0.1) is 13.5 Å². The highest BCUT2D eigenvalue weighted by molar-refractivity contribution is 5.91. The lowest BCUT2D eigenvalue weighted by molar-refractivity contribution is -0.115. The molecule has 1 aliphatic rings. The maximum Gasteiger partial charge on any atom is 0.249 e. The fourth-order valence-electron chi connectivity index (χ4n) is 3.67. The van der Waals surface area contributed by atoms with Crippen LogP contribution in [-0.4, -0.2) is 33.7 Å². The number of hydrogen-bond donors (Lipinski definition) is 2. The molecular weight excluding hydrogens is 354 g/mol. The van der Waals surface area contributed by atoms with Gasteiger partial charge in [-0.25, -0.2) is 0 Å². The van der Waals surface area contributed by atoms with Gasteiger partial charge in [-0.05, 0) is 30.5 Å². The highest BCUT2D eigenvalue weighted by atomic mass is 16.5. The molecule has 1 saturated carbocycles. The number of benzene rings is 1. The Morgan fingerprint density at radius 1 is 1.14 bits per heavy atom. The van der Waals surface area contributed by atoms with Crippen LogP contribution in [0.1, 0.15) is 37.7 Å². The monoisotopic (exact) mass is 379 g/mol. The van der Waals surface area contributed by atoms with Gasteiger partial charge in [-0.1, -0.05) is 49.6 Å². The fourth-order valence-corrected chi connectivity index (χ4v) is 3.67. The Balaban J connectivity index is 1.55. The molecule has 1 amide bonds. The highest BCUT2D eigenvalue weighted by Crippen LogP contribution is 2.26. The van der Waals surface area contributed by atoms with Crippen LogP contribution in [0.15, 0.2) is 42.5 Å². The van der Waals surface area contributed by atoms with E-state index in [1.807, 2.05) is 42.5 Å². The van der Waals surface area contributed by atoms with Crippen molar-refractivity contribution in [1.29, 1.82) is 0 Å². The Hall–Kier alpha value is -3.09. The van der Waals surface area contributed by atoms with E-state index in [1.165, 1.54) is 19.3 Å². The lowest BCUT2D eigenvalue weighted by Crippen LogP contribution is -2.23. The SMILES string of the molecule is COc1ccc(NC2CCCCC2)n2nc(NC(=O)Cc3ccccc3)nc12. The summed E-state index contributed by atoms with van der Waals surface area (Å²) in [5.41, 5.74) is 1.53. The number of carbonyl (C=O) groups excluding carboxylic acids is 1. The molecule has 4 rings (SSSR count). The maximum absolute atomic E-state index is 12.4. The Labute approximate surface area is 164 Å². The molecule has 1 aromatic carbocycles. The van der Waals surface area contributed by atoms with E-state index in [2.05, 4.69) is 20.7 Å². The first-order valence-electron chi connectivity index (χ1n) is 9.77. The van der Waals surface area contributed by atoms with E-state index in [0.717, 1.165) is 24.2 Å². The van der Waals surface area contributed by atoms with Gasteiger partial charge in [0.25, 0.3) is 0 Å². The predicted molar refractivity (Wildman–Crippen MR) is 109 cm³/mol. The molecule has 28 heavy (non-hydrogen) atoms. The van der Waals surface area contributed by atoms with Crippen molar-refractivity contribution in [3.05, 3.63) is 48.0 Å². The molecule has 7 heteroatoms. The number of methoxy groups -OCH3 is 1. The van der Waals surface area contributed by atoms with Crippen LogP contribution >= 0.6 is 0 Å². The van der Waals surface area contributed by atoms with Crippen LogP contribution < -0.4 is 15.4 Å². The van der Waals surface area contributed by atoms with E-state index in [0.29, 0.717) is 17.4 Å². The predicted octanol–water partition coefficient (Wildman–Crippen LogP) is 3.66. The third-order valence-electron chi connectivity index (χ3n) is 5.08. The second-order valence-corrected chi connectivity index (χ2v) is 7.15. The topological polar surface area (TPSA) is 80.5 Å². The molecule has 1 fully saturated rings. The zero-order valence-electron chi connectivity index (χ0n) is 16.0.